The predicted molar refractivity (Wildman–Crippen MR) is 78.4 cm³/mol. The Hall–Kier alpha value is -0.930. The normalized spacial score (nSPS) is 22.1. The Balaban J connectivity index is 2.29. The molecular formula is C16H26N2O. The van der Waals surface area contributed by atoms with Crippen molar-refractivity contribution in [2.24, 2.45) is 5.92 Å². The third-order valence-electron chi connectivity index (χ3n) is 4.29. The second kappa shape index (κ2) is 6.49. The molecule has 2 rings (SSSR count). The molecule has 3 atom stereocenters. The van der Waals surface area contributed by atoms with Crippen LogP contribution in [0.15, 0.2) is 18.3 Å². The van der Waals surface area contributed by atoms with Crippen molar-refractivity contribution in [1.29, 1.82) is 0 Å². The molecular weight excluding hydrogens is 236 g/mol. The minimum Gasteiger partial charge on any atom is -0.380 e. The molecule has 3 nitrogen and oxygen atoms in total. The third kappa shape index (κ3) is 2.98. The van der Waals surface area contributed by atoms with Crippen LogP contribution in [0.3, 0.4) is 0 Å². The molecule has 1 aliphatic rings. The van der Waals surface area contributed by atoms with Gasteiger partial charge in [-0.3, -0.25) is 4.98 Å². The van der Waals surface area contributed by atoms with Crippen molar-refractivity contribution in [2.75, 3.05) is 14.2 Å². The number of ether oxygens (including phenoxy) is 1. The summed E-state index contributed by atoms with van der Waals surface area (Å²) in [6.07, 6.45) is 5.75. The summed E-state index contributed by atoms with van der Waals surface area (Å²) in [5, 5.41) is 3.48. The lowest BCUT2D eigenvalue weighted by molar-refractivity contribution is 0.0248. The fraction of sp³-hybridized carbons (Fsp3) is 0.688. The minimum atomic E-state index is 0.225. The van der Waals surface area contributed by atoms with Crippen LogP contribution in [-0.2, 0) is 11.2 Å². The number of nitrogens with one attached hydrogen (secondary N) is 1. The molecule has 1 aromatic heterocycles. The second-order valence-electron chi connectivity index (χ2n) is 5.81. The van der Waals surface area contributed by atoms with Gasteiger partial charge in [0.25, 0.3) is 0 Å². The number of likely N-dealkylation sites (N-methyl/N-ethyl adjacent to an activating group) is 1. The molecule has 0 aliphatic heterocycles. The van der Waals surface area contributed by atoms with Crippen molar-refractivity contribution in [3.8, 4) is 0 Å². The zero-order chi connectivity index (χ0) is 13.8. The largest absolute Gasteiger partial charge is 0.380 e. The Kier molecular flexibility index (Phi) is 4.94. The van der Waals surface area contributed by atoms with Gasteiger partial charge in [0.05, 0.1) is 6.10 Å². The lowest BCUT2D eigenvalue weighted by Crippen LogP contribution is -2.47. The molecule has 0 fully saturated rings. The Morgan fingerprint density at radius 3 is 2.84 bits per heavy atom. The molecule has 0 aromatic carbocycles. The van der Waals surface area contributed by atoms with Crippen LogP contribution in [0.1, 0.15) is 43.9 Å². The van der Waals surface area contributed by atoms with Crippen molar-refractivity contribution in [1.82, 2.24) is 10.3 Å². The molecule has 0 bridgehead atoms. The van der Waals surface area contributed by atoms with Gasteiger partial charge >= 0.3 is 0 Å². The highest BCUT2D eigenvalue weighted by molar-refractivity contribution is 5.27. The maximum atomic E-state index is 5.74. The van der Waals surface area contributed by atoms with E-state index in [0.717, 1.165) is 6.42 Å². The number of hydrogen-bond donors (Lipinski definition) is 1. The van der Waals surface area contributed by atoms with E-state index in [1.54, 1.807) is 0 Å². The summed E-state index contributed by atoms with van der Waals surface area (Å²) in [5.74, 6) is 0.957. The van der Waals surface area contributed by atoms with E-state index in [2.05, 4.69) is 30.2 Å². The Morgan fingerprint density at radius 1 is 1.42 bits per heavy atom. The molecule has 0 amide bonds. The molecule has 1 aromatic rings. The van der Waals surface area contributed by atoms with Crippen LogP contribution < -0.4 is 5.32 Å². The van der Waals surface area contributed by atoms with Gasteiger partial charge in [0, 0.05) is 31.0 Å². The third-order valence-corrected chi connectivity index (χ3v) is 4.29. The summed E-state index contributed by atoms with van der Waals surface area (Å²) in [6, 6.07) is 4.60. The molecule has 0 saturated carbocycles. The number of nitrogens with zero attached hydrogens (tertiary/aromatic N) is 1. The van der Waals surface area contributed by atoms with Crippen molar-refractivity contribution < 1.29 is 4.74 Å². The number of fused-ring (bicyclic) bond motifs is 1. The standard InChI is InChI=1S/C16H26N2O/c1-11(2)16(19-4)15(17-3)13-9-5-7-12-8-6-10-18-14(12)13/h6,8,10-11,13,15-17H,5,7,9H2,1-4H3. The summed E-state index contributed by atoms with van der Waals surface area (Å²) >= 11 is 0. The van der Waals surface area contributed by atoms with Crippen molar-refractivity contribution >= 4 is 0 Å². The maximum absolute atomic E-state index is 5.74. The van der Waals surface area contributed by atoms with E-state index < -0.39 is 0 Å². The van der Waals surface area contributed by atoms with Crippen LogP contribution in [0.25, 0.3) is 0 Å². The first-order valence-electron chi connectivity index (χ1n) is 7.32. The van der Waals surface area contributed by atoms with Crippen LogP contribution >= 0.6 is 0 Å². The van der Waals surface area contributed by atoms with Gasteiger partial charge < -0.3 is 10.1 Å². The molecule has 1 heterocycles. The van der Waals surface area contributed by atoms with Crippen molar-refractivity contribution in [3.63, 3.8) is 0 Å². The molecule has 1 N–H and O–H groups in total. The highest BCUT2D eigenvalue weighted by Crippen LogP contribution is 2.35. The number of pyridine rings is 1. The smallest absolute Gasteiger partial charge is 0.0753 e. The first-order valence-corrected chi connectivity index (χ1v) is 7.32. The highest BCUT2D eigenvalue weighted by atomic mass is 16.5. The Bertz CT molecular complexity index is 405. The molecule has 1 aliphatic carbocycles. The maximum Gasteiger partial charge on any atom is 0.0753 e. The summed E-state index contributed by atoms with van der Waals surface area (Å²) < 4.78 is 5.74. The average Bonchev–Trinajstić information content (AvgIpc) is 2.43. The van der Waals surface area contributed by atoms with Gasteiger partial charge in [-0.25, -0.2) is 0 Å². The SMILES string of the molecule is CNC(C1CCCc2cccnc21)C(OC)C(C)C. The summed E-state index contributed by atoms with van der Waals surface area (Å²) in [6.45, 7) is 4.45. The van der Waals surface area contributed by atoms with E-state index in [9.17, 15) is 0 Å². The summed E-state index contributed by atoms with van der Waals surface area (Å²) in [4.78, 5) is 4.65. The number of aromatic nitrogens is 1. The van der Waals surface area contributed by atoms with E-state index in [0.29, 0.717) is 17.9 Å². The van der Waals surface area contributed by atoms with Gasteiger partial charge in [-0.2, -0.15) is 0 Å². The zero-order valence-electron chi connectivity index (χ0n) is 12.5. The first kappa shape index (κ1) is 14.5. The fourth-order valence-electron chi connectivity index (χ4n) is 3.42. The summed E-state index contributed by atoms with van der Waals surface area (Å²) in [7, 11) is 3.85. The van der Waals surface area contributed by atoms with Gasteiger partial charge in [-0.1, -0.05) is 19.9 Å². The van der Waals surface area contributed by atoms with Gasteiger partial charge in [0.1, 0.15) is 0 Å². The molecule has 3 unspecified atom stereocenters. The molecule has 3 heteroatoms. The molecule has 0 saturated heterocycles. The number of methoxy groups -OCH3 is 1. The van der Waals surface area contributed by atoms with Crippen LogP contribution in [0.2, 0.25) is 0 Å². The quantitative estimate of drug-likeness (QED) is 0.886. The highest BCUT2D eigenvalue weighted by Gasteiger charge is 2.34. The van der Waals surface area contributed by atoms with Gasteiger partial charge in [0.2, 0.25) is 0 Å². The minimum absolute atomic E-state index is 0.225. The van der Waals surface area contributed by atoms with Crippen LogP contribution in [0.4, 0.5) is 0 Å². The van der Waals surface area contributed by atoms with Gasteiger partial charge in [-0.05, 0) is 43.9 Å². The monoisotopic (exact) mass is 262 g/mol. The van der Waals surface area contributed by atoms with E-state index >= 15 is 0 Å². The van der Waals surface area contributed by atoms with Crippen LogP contribution in [0, 0.1) is 5.92 Å². The Labute approximate surface area is 116 Å². The molecule has 0 spiro atoms. The Morgan fingerprint density at radius 2 is 2.21 bits per heavy atom. The fourth-order valence-corrected chi connectivity index (χ4v) is 3.42. The lowest BCUT2D eigenvalue weighted by Gasteiger charge is -2.37. The average molecular weight is 262 g/mol. The number of hydrogen-bond acceptors (Lipinski definition) is 3. The molecule has 106 valence electrons. The van der Waals surface area contributed by atoms with Gasteiger partial charge in [-0.15, -0.1) is 0 Å². The molecule has 0 radical (unpaired) electrons. The second-order valence-corrected chi connectivity index (χ2v) is 5.81. The van der Waals surface area contributed by atoms with Crippen molar-refractivity contribution in [3.05, 3.63) is 29.6 Å². The topological polar surface area (TPSA) is 34.2 Å². The lowest BCUT2D eigenvalue weighted by atomic mass is 9.78. The van der Waals surface area contributed by atoms with Gasteiger partial charge in [0.15, 0.2) is 0 Å². The van der Waals surface area contributed by atoms with E-state index in [4.69, 9.17) is 4.74 Å². The zero-order valence-corrected chi connectivity index (χ0v) is 12.5. The predicted octanol–water partition coefficient (Wildman–Crippen LogP) is 2.76. The number of aryl methyl sites for hydroxylation is 1. The van der Waals surface area contributed by atoms with Crippen LogP contribution in [0.5, 0.6) is 0 Å². The van der Waals surface area contributed by atoms with E-state index in [-0.39, 0.29) is 6.10 Å². The van der Waals surface area contributed by atoms with E-state index in [1.807, 2.05) is 26.4 Å². The number of rotatable bonds is 5. The first-order chi connectivity index (χ1) is 9.19. The molecule has 19 heavy (non-hydrogen) atoms. The van der Waals surface area contributed by atoms with E-state index in [1.165, 1.54) is 24.1 Å². The summed E-state index contributed by atoms with van der Waals surface area (Å²) in [5.41, 5.74) is 2.69. The van der Waals surface area contributed by atoms with Crippen molar-refractivity contribution in [2.45, 2.75) is 51.2 Å². The van der Waals surface area contributed by atoms with Crippen LogP contribution in [-0.4, -0.2) is 31.3 Å².